The van der Waals surface area contributed by atoms with Crippen molar-refractivity contribution >= 4 is 23.3 Å². The highest BCUT2D eigenvalue weighted by molar-refractivity contribution is 7.03. The van der Waals surface area contributed by atoms with Crippen molar-refractivity contribution in [2.45, 2.75) is 25.2 Å². The summed E-state index contributed by atoms with van der Waals surface area (Å²) in [5.41, 5.74) is 2.10. The predicted octanol–water partition coefficient (Wildman–Crippen LogP) is 1.81. The summed E-state index contributed by atoms with van der Waals surface area (Å²) in [7, 11) is 1.67. The van der Waals surface area contributed by atoms with E-state index in [1.165, 1.54) is 11.5 Å². The Morgan fingerprint density at radius 1 is 1.13 bits per heavy atom. The molecule has 3 heterocycles. The first-order valence-corrected chi connectivity index (χ1v) is 11.6. The molecule has 2 atom stereocenters. The van der Waals surface area contributed by atoms with E-state index in [1.54, 1.807) is 14.0 Å². The average Bonchev–Trinajstić information content (AvgIpc) is 3.40. The molecule has 0 bridgehead atoms. The predicted molar refractivity (Wildman–Crippen MR) is 118 cm³/mol. The molecule has 2 amide bonds. The molecule has 1 aromatic heterocycles. The number of hydrogen-bond acceptors (Lipinski definition) is 7. The Balaban J connectivity index is 1.46. The lowest BCUT2D eigenvalue weighted by Gasteiger charge is -2.24. The summed E-state index contributed by atoms with van der Waals surface area (Å²) >= 11 is 1.34. The van der Waals surface area contributed by atoms with Crippen LogP contribution in [0, 0.1) is 0 Å². The van der Waals surface area contributed by atoms with E-state index in [1.807, 2.05) is 27.3 Å². The lowest BCUT2D eigenvalue weighted by Crippen LogP contribution is -2.41. The van der Waals surface area contributed by atoms with Gasteiger partial charge in [-0.15, -0.1) is 5.10 Å². The van der Waals surface area contributed by atoms with Gasteiger partial charge in [-0.25, -0.2) is 0 Å². The molecule has 0 aliphatic carbocycles. The van der Waals surface area contributed by atoms with Crippen molar-refractivity contribution in [2.24, 2.45) is 0 Å². The summed E-state index contributed by atoms with van der Waals surface area (Å²) in [5.74, 6) is 1.33. The molecular formula is C22H29N5O3S. The van der Waals surface area contributed by atoms with E-state index in [-0.39, 0.29) is 23.7 Å². The Morgan fingerprint density at radius 2 is 1.97 bits per heavy atom. The van der Waals surface area contributed by atoms with Crippen LogP contribution in [0.1, 0.15) is 36.4 Å². The van der Waals surface area contributed by atoms with Gasteiger partial charge in [0.15, 0.2) is 0 Å². The molecular weight excluding hydrogens is 414 g/mol. The number of amides is 2. The van der Waals surface area contributed by atoms with Gasteiger partial charge < -0.3 is 14.5 Å². The first kappa shape index (κ1) is 21.7. The lowest BCUT2D eigenvalue weighted by molar-refractivity contribution is -0.131. The van der Waals surface area contributed by atoms with Crippen LogP contribution in [0.3, 0.4) is 0 Å². The van der Waals surface area contributed by atoms with Crippen molar-refractivity contribution in [3.8, 4) is 5.75 Å². The van der Waals surface area contributed by atoms with E-state index in [4.69, 9.17) is 4.74 Å². The van der Waals surface area contributed by atoms with Crippen LogP contribution in [-0.4, -0.2) is 89.0 Å². The fourth-order valence-electron chi connectivity index (χ4n) is 4.59. The van der Waals surface area contributed by atoms with E-state index in [9.17, 15) is 9.59 Å². The van der Waals surface area contributed by atoms with Crippen LogP contribution in [0.4, 0.5) is 0 Å². The number of nitrogens with zero attached hydrogens (tertiary/aromatic N) is 5. The van der Waals surface area contributed by atoms with Crippen molar-refractivity contribution in [3.63, 3.8) is 0 Å². The molecule has 166 valence electrons. The number of hydrogen-bond donors (Lipinski definition) is 0. The van der Waals surface area contributed by atoms with Crippen molar-refractivity contribution in [1.29, 1.82) is 0 Å². The quantitative estimate of drug-likeness (QED) is 0.701. The summed E-state index contributed by atoms with van der Waals surface area (Å²) in [4.78, 5) is 30.9. The van der Waals surface area contributed by atoms with E-state index in [2.05, 4.69) is 26.6 Å². The van der Waals surface area contributed by atoms with Crippen LogP contribution >= 0.6 is 11.5 Å². The number of aromatic nitrogens is 2. The third-order valence-corrected chi connectivity index (χ3v) is 6.87. The van der Waals surface area contributed by atoms with Crippen LogP contribution in [0.5, 0.6) is 5.75 Å². The third-order valence-electron chi connectivity index (χ3n) is 6.34. The highest BCUT2D eigenvalue weighted by atomic mass is 32.1. The van der Waals surface area contributed by atoms with Crippen LogP contribution in [0.25, 0.3) is 0 Å². The molecule has 8 nitrogen and oxygen atoms in total. The van der Waals surface area contributed by atoms with Crippen LogP contribution < -0.4 is 4.74 Å². The smallest absolute Gasteiger partial charge is 0.236 e. The second kappa shape index (κ2) is 9.74. The molecule has 2 aliphatic rings. The SMILES string of the molecule is COc1cccc([C@@H]2CN(C(=O)CN3CCCN(C(C)=O)CC3)C[C@H]2c2csnn2)c1. The monoisotopic (exact) mass is 443 g/mol. The number of carbonyl (C=O) groups excluding carboxylic acids is 2. The second-order valence-electron chi connectivity index (χ2n) is 8.25. The maximum Gasteiger partial charge on any atom is 0.236 e. The maximum absolute atomic E-state index is 13.2. The summed E-state index contributed by atoms with van der Waals surface area (Å²) in [6.45, 7) is 6.31. The van der Waals surface area contributed by atoms with Crippen molar-refractivity contribution < 1.29 is 14.3 Å². The minimum absolute atomic E-state index is 0.105. The molecule has 2 saturated heterocycles. The van der Waals surface area contributed by atoms with Crippen molar-refractivity contribution in [2.75, 3.05) is 52.9 Å². The Kier molecular flexibility index (Phi) is 6.82. The number of likely N-dealkylation sites (tertiary alicyclic amines) is 1. The third kappa shape index (κ3) is 5.04. The molecule has 2 aromatic rings. The van der Waals surface area contributed by atoms with E-state index < -0.39 is 0 Å². The molecule has 4 rings (SSSR count). The molecule has 0 saturated carbocycles. The normalized spacial score (nSPS) is 22.4. The largest absolute Gasteiger partial charge is 0.497 e. The zero-order chi connectivity index (χ0) is 21.8. The Bertz CT molecular complexity index is 906. The van der Waals surface area contributed by atoms with E-state index in [0.717, 1.165) is 43.1 Å². The van der Waals surface area contributed by atoms with E-state index in [0.29, 0.717) is 26.2 Å². The first-order chi connectivity index (χ1) is 15.0. The maximum atomic E-state index is 13.2. The zero-order valence-corrected chi connectivity index (χ0v) is 18.9. The zero-order valence-electron chi connectivity index (χ0n) is 18.1. The highest BCUT2D eigenvalue weighted by Crippen LogP contribution is 2.40. The first-order valence-electron chi connectivity index (χ1n) is 10.7. The van der Waals surface area contributed by atoms with Crippen LogP contribution in [0.15, 0.2) is 29.6 Å². The van der Waals surface area contributed by atoms with Gasteiger partial charge in [0.1, 0.15) is 5.75 Å². The summed E-state index contributed by atoms with van der Waals surface area (Å²) in [5, 5.41) is 6.30. The van der Waals surface area contributed by atoms with Gasteiger partial charge in [-0.2, -0.15) is 0 Å². The molecule has 9 heteroatoms. The van der Waals surface area contributed by atoms with Crippen molar-refractivity contribution in [3.05, 3.63) is 40.9 Å². The van der Waals surface area contributed by atoms with Gasteiger partial charge in [0.2, 0.25) is 11.8 Å². The number of methoxy groups -OCH3 is 1. The Hall–Kier alpha value is -2.52. The fraction of sp³-hybridized carbons (Fsp3) is 0.545. The topological polar surface area (TPSA) is 78.9 Å². The van der Waals surface area contributed by atoms with Gasteiger partial charge in [0, 0.05) is 63.4 Å². The number of carbonyl (C=O) groups is 2. The van der Waals surface area contributed by atoms with Gasteiger partial charge in [0.05, 0.1) is 19.3 Å². The van der Waals surface area contributed by atoms with Crippen molar-refractivity contribution in [1.82, 2.24) is 24.3 Å². The van der Waals surface area contributed by atoms with Gasteiger partial charge >= 0.3 is 0 Å². The number of ether oxygens (including phenoxy) is 1. The minimum atomic E-state index is 0.105. The average molecular weight is 444 g/mol. The van der Waals surface area contributed by atoms with Gasteiger partial charge in [-0.05, 0) is 35.6 Å². The molecule has 2 fully saturated rings. The fourth-order valence-corrected chi connectivity index (χ4v) is 5.10. The van der Waals surface area contributed by atoms with Gasteiger partial charge in [0.25, 0.3) is 0 Å². The van der Waals surface area contributed by atoms with Crippen LogP contribution in [0.2, 0.25) is 0 Å². The molecule has 2 aliphatic heterocycles. The second-order valence-corrected chi connectivity index (χ2v) is 8.86. The molecule has 31 heavy (non-hydrogen) atoms. The van der Waals surface area contributed by atoms with E-state index >= 15 is 0 Å². The van der Waals surface area contributed by atoms with Crippen LogP contribution in [-0.2, 0) is 9.59 Å². The summed E-state index contributed by atoms with van der Waals surface area (Å²) < 4.78 is 9.46. The highest BCUT2D eigenvalue weighted by Gasteiger charge is 2.38. The number of benzene rings is 1. The van der Waals surface area contributed by atoms with Gasteiger partial charge in [-0.1, -0.05) is 16.6 Å². The molecule has 0 spiro atoms. The summed E-state index contributed by atoms with van der Waals surface area (Å²) in [6, 6.07) is 8.08. The molecule has 0 radical (unpaired) electrons. The standard InChI is InChI=1S/C22H29N5O3S/c1-16(28)26-8-4-7-25(9-10-26)14-22(29)27-12-19(17-5-3-6-18(11-17)30-2)20(13-27)21-15-31-24-23-21/h3,5-6,11,15,19-20H,4,7-10,12-14H2,1-2H3/t19-,20+/m0/s1. The number of rotatable bonds is 5. The Morgan fingerprint density at radius 3 is 2.71 bits per heavy atom. The van der Waals surface area contributed by atoms with Gasteiger partial charge in [-0.3, -0.25) is 14.5 Å². The molecule has 1 aromatic carbocycles. The summed E-state index contributed by atoms with van der Waals surface area (Å²) in [6.07, 6.45) is 0.895. The molecule has 0 unspecified atom stereocenters. The Labute approximate surface area is 186 Å². The lowest BCUT2D eigenvalue weighted by atomic mass is 9.87. The minimum Gasteiger partial charge on any atom is -0.497 e. The molecule has 0 N–H and O–H groups in total.